The molecule has 3 rings (SSSR count). The maximum absolute atomic E-state index is 6.42. The summed E-state index contributed by atoms with van der Waals surface area (Å²) in [5.41, 5.74) is 3.91. The molecule has 0 spiro atoms. The van der Waals surface area contributed by atoms with Crippen LogP contribution in [0.15, 0.2) is 59.1 Å². The zero-order chi connectivity index (χ0) is 18.7. The number of hydrogen-bond acceptors (Lipinski definition) is 2. The molecule has 0 bridgehead atoms. The predicted octanol–water partition coefficient (Wildman–Crippen LogP) is 7.03. The monoisotopic (exact) mass is 450 g/mol. The molecule has 0 radical (unpaired) electrons. The van der Waals surface area contributed by atoms with Crippen molar-refractivity contribution in [3.63, 3.8) is 0 Å². The number of benzene rings is 3. The van der Waals surface area contributed by atoms with Crippen LogP contribution in [0.5, 0.6) is 11.5 Å². The average molecular weight is 452 g/mol. The van der Waals surface area contributed by atoms with Gasteiger partial charge in [-0.3, -0.25) is 0 Å². The first-order valence-corrected chi connectivity index (χ1v) is 9.51. The summed E-state index contributed by atoms with van der Waals surface area (Å²) >= 11 is 16.1. The first kappa shape index (κ1) is 19.1. The Balaban J connectivity index is 2.12. The zero-order valence-electron chi connectivity index (χ0n) is 14.4. The van der Waals surface area contributed by atoms with Crippen LogP contribution >= 0.6 is 39.1 Å². The molecule has 0 aliphatic rings. The Morgan fingerprint density at radius 1 is 0.846 bits per heavy atom. The summed E-state index contributed by atoms with van der Waals surface area (Å²) in [5.74, 6) is 1.56. The summed E-state index contributed by atoms with van der Waals surface area (Å²) in [5, 5.41) is 1.31. The fraction of sp³-hybridized carbons (Fsp3) is 0.143. The topological polar surface area (TPSA) is 18.5 Å². The lowest BCUT2D eigenvalue weighted by Gasteiger charge is -2.16. The van der Waals surface area contributed by atoms with E-state index in [-0.39, 0.29) is 0 Å². The largest absolute Gasteiger partial charge is 0.496 e. The molecule has 2 nitrogen and oxygen atoms in total. The molecule has 0 aliphatic carbocycles. The predicted molar refractivity (Wildman–Crippen MR) is 112 cm³/mol. The van der Waals surface area contributed by atoms with Crippen LogP contribution in [0.3, 0.4) is 0 Å². The van der Waals surface area contributed by atoms with Crippen LogP contribution < -0.4 is 9.47 Å². The van der Waals surface area contributed by atoms with Gasteiger partial charge in [0, 0.05) is 37.6 Å². The Morgan fingerprint density at radius 2 is 1.62 bits per heavy atom. The highest BCUT2D eigenvalue weighted by molar-refractivity contribution is 9.10. The third kappa shape index (κ3) is 4.17. The van der Waals surface area contributed by atoms with E-state index in [4.69, 9.17) is 32.7 Å². The first-order chi connectivity index (χ1) is 12.5. The van der Waals surface area contributed by atoms with Crippen LogP contribution in [-0.2, 0) is 6.42 Å². The van der Waals surface area contributed by atoms with E-state index in [2.05, 4.69) is 15.9 Å². The van der Waals surface area contributed by atoms with Gasteiger partial charge >= 0.3 is 0 Å². The SMILES string of the molecule is COc1ccc(Cl)cc1Cc1cc(Cl)cc(-c2cccc(Br)c2)c1OC. The normalized spacial score (nSPS) is 10.7. The molecule has 0 atom stereocenters. The number of halogens is 3. The van der Waals surface area contributed by atoms with Crippen LogP contribution in [0.25, 0.3) is 11.1 Å². The zero-order valence-corrected chi connectivity index (χ0v) is 17.5. The van der Waals surface area contributed by atoms with Gasteiger partial charge in [0.05, 0.1) is 14.2 Å². The lowest BCUT2D eigenvalue weighted by molar-refractivity contribution is 0.406. The Morgan fingerprint density at radius 3 is 2.31 bits per heavy atom. The molecule has 0 saturated heterocycles. The van der Waals surface area contributed by atoms with Gasteiger partial charge in [-0.1, -0.05) is 51.3 Å². The van der Waals surface area contributed by atoms with E-state index < -0.39 is 0 Å². The standard InChI is InChI=1S/C21H17BrCl2O2/c1-25-20-7-6-17(23)10-14(20)8-15-11-18(24)12-19(21(15)26-2)13-4-3-5-16(22)9-13/h3-7,9-12H,8H2,1-2H3. The summed E-state index contributed by atoms with van der Waals surface area (Å²) in [7, 11) is 3.32. The second kappa shape index (κ2) is 8.34. The Labute approximate surface area is 171 Å². The minimum atomic E-state index is 0.592. The molecule has 3 aromatic carbocycles. The van der Waals surface area contributed by atoms with Crippen molar-refractivity contribution in [2.24, 2.45) is 0 Å². The van der Waals surface area contributed by atoms with E-state index in [0.29, 0.717) is 16.5 Å². The van der Waals surface area contributed by atoms with Crippen molar-refractivity contribution in [2.45, 2.75) is 6.42 Å². The van der Waals surface area contributed by atoms with Crippen LogP contribution in [0.4, 0.5) is 0 Å². The second-order valence-electron chi connectivity index (χ2n) is 5.79. The van der Waals surface area contributed by atoms with Gasteiger partial charge in [0.2, 0.25) is 0 Å². The first-order valence-electron chi connectivity index (χ1n) is 7.96. The average Bonchev–Trinajstić information content (AvgIpc) is 2.61. The van der Waals surface area contributed by atoms with Gasteiger partial charge in [-0.05, 0) is 48.0 Å². The highest BCUT2D eigenvalue weighted by Crippen LogP contribution is 2.39. The Hall–Kier alpha value is -1.68. The molecule has 0 aliphatic heterocycles. The molecular formula is C21H17BrCl2O2. The van der Waals surface area contributed by atoms with E-state index in [9.17, 15) is 0 Å². The third-order valence-electron chi connectivity index (χ3n) is 4.09. The van der Waals surface area contributed by atoms with Crippen molar-refractivity contribution >= 4 is 39.1 Å². The van der Waals surface area contributed by atoms with Crippen LogP contribution in [0, 0.1) is 0 Å². The maximum Gasteiger partial charge on any atom is 0.130 e. The summed E-state index contributed by atoms with van der Waals surface area (Å²) < 4.78 is 12.2. The van der Waals surface area contributed by atoms with Crippen LogP contribution in [0.1, 0.15) is 11.1 Å². The fourth-order valence-electron chi connectivity index (χ4n) is 2.98. The quantitative estimate of drug-likeness (QED) is 0.414. The van der Waals surface area contributed by atoms with Crippen molar-refractivity contribution in [1.82, 2.24) is 0 Å². The lowest BCUT2D eigenvalue weighted by atomic mass is 9.97. The van der Waals surface area contributed by atoms with Gasteiger partial charge in [-0.25, -0.2) is 0 Å². The Bertz CT molecular complexity index is 941. The number of methoxy groups -OCH3 is 2. The van der Waals surface area contributed by atoms with E-state index in [0.717, 1.165) is 38.2 Å². The van der Waals surface area contributed by atoms with Crippen LogP contribution in [-0.4, -0.2) is 14.2 Å². The van der Waals surface area contributed by atoms with E-state index >= 15 is 0 Å². The molecule has 0 N–H and O–H groups in total. The summed E-state index contributed by atoms with van der Waals surface area (Å²) in [4.78, 5) is 0. The molecule has 0 amide bonds. The number of ether oxygens (including phenoxy) is 2. The minimum Gasteiger partial charge on any atom is -0.496 e. The van der Waals surface area contributed by atoms with E-state index in [1.54, 1.807) is 14.2 Å². The molecule has 0 heterocycles. The molecular weight excluding hydrogens is 435 g/mol. The van der Waals surface area contributed by atoms with Crippen molar-refractivity contribution in [3.05, 3.63) is 80.2 Å². The summed E-state index contributed by atoms with van der Waals surface area (Å²) in [6.07, 6.45) is 0.592. The third-order valence-corrected chi connectivity index (χ3v) is 5.04. The molecule has 0 saturated carbocycles. The van der Waals surface area contributed by atoms with Crippen molar-refractivity contribution in [2.75, 3.05) is 14.2 Å². The molecule has 0 unspecified atom stereocenters. The maximum atomic E-state index is 6.42. The van der Waals surface area contributed by atoms with Gasteiger partial charge in [0.1, 0.15) is 11.5 Å². The van der Waals surface area contributed by atoms with E-state index in [1.165, 1.54) is 0 Å². The molecule has 3 aromatic rings. The van der Waals surface area contributed by atoms with Gasteiger partial charge in [0.15, 0.2) is 0 Å². The highest BCUT2D eigenvalue weighted by Gasteiger charge is 2.16. The molecule has 5 heteroatoms. The summed E-state index contributed by atoms with van der Waals surface area (Å²) in [6, 6.07) is 17.5. The number of hydrogen-bond donors (Lipinski definition) is 0. The van der Waals surface area contributed by atoms with Gasteiger partial charge in [-0.2, -0.15) is 0 Å². The fourth-order valence-corrected chi connectivity index (χ4v) is 3.82. The Kier molecular flexibility index (Phi) is 6.13. The lowest BCUT2D eigenvalue weighted by Crippen LogP contribution is -1.99. The van der Waals surface area contributed by atoms with Gasteiger partial charge in [0.25, 0.3) is 0 Å². The molecule has 134 valence electrons. The van der Waals surface area contributed by atoms with Crippen molar-refractivity contribution in [1.29, 1.82) is 0 Å². The smallest absolute Gasteiger partial charge is 0.130 e. The van der Waals surface area contributed by atoms with Crippen molar-refractivity contribution < 1.29 is 9.47 Å². The highest BCUT2D eigenvalue weighted by atomic mass is 79.9. The van der Waals surface area contributed by atoms with Gasteiger partial charge < -0.3 is 9.47 Å². The van der Waals surface area contributed by atoms with Gasteiger partial charge in [-0.15, -0.1) is 0 Å². The summed E-state index contributed by atoms with van der Waals surface area (Å²) in [6.45, 7) is 0. The molecule has 0 fully saturated rings. The molecule has 0 aromatic heterocycles. The second-order valence-corrected chi connectivity index (χ2v) is 7.58. The minimum absolute atomic E-state index is 0.592. The van der Waals surface area contributed by atoms with Crippen LogP contribution in [0.2, 0.25) is 10.0 Å². The van der Waals surface area contributed by atoms with E-state index in [1.807, 2.05) is 54.6 Å². The molecule has 26 heavy (non-hydrogen) atoms. The van der Waals surface area contributed by atoms with Crippen molar-refractivity contribution in [3.8, 4) is 22.6 Å². The number of rotatable bonds is 5.